The van der Waals surface area contributed by atoms with Crippen molar-refractivity contribution in [2.45, 2.75) is 18.4 Å². The first-order valence-corrected chi connectivity index (χ1v) is 1.76. The van der Waals surface area contributed by atoms with Crippen LogP contribution >= 0.6 is 0 Å². The van der Waals surface area contributed by atoms with Crippen molar-refractivity contribution in [2.75, 3.05) is 0 Å². The SMILES string of the molecule is N[C@@H]1CC1(F)F. The van der Waals surface area contributed by atoms with E-state index in [0.29, 0.717) is 0 Å². The highest BCUT2D eigenvalue weighted by molar-refractivity contribution is 4.98. The third-order valence-corrected chi connectivity index (χ3v) is 0.874. The van der Waals surface area contributed by atoms with Gasteiger partial charge in [0, 0.05) is 6.42 Å². The van der Waals surface area contributed by atoms with E-state index in [1.54, 1.807) is 0 Å². The largest absolute Gasteiger partial charge is 0.322 e. The van der Waals surface area contributed by atoms with Gasteiger partial charge in [-0.05, 0) is 0 Å². The van der Waals surface area contributed by atoms with Gasteiger partial charge in [-0.25, -0.2) is 8.78 Å². The zero-order valence-electron chi connectivity index (χ0n) is 3.12. The average molecular weight is 93.1 g/mol. The van der Waals surface area contributed by atoms with Crippen LogP contribution in [0.15, 0.2) is 0 Å². The highest BCUT2D eigenvalue weighted by atomic mass is 19.3. The maximum Gasteiger partial charge on any atom is 0.264 e. The minimum Gasteiger partial charge on any atom is -0.322 e. The molecule has 0 aromatic heterocycles. The van der Waals surface area contributed by atoms with Gasteiger partial charge in [-0.1, -0.05) is 0 Å². The molecule has 1 aliphatic rings. The number of nitrogens with two attached hydrogens (primary N) is 1. The van der Waals surface area contributed by atoms with Gasteiger partial charge in [0.2, 0.25) is 0 Å². The normalized spacial score (nSPS) is 39.5. The molecule has 2 N–H and O–H groups in total. The van der Waals surface area contributed by atoms with Crippen molar-refractivity contribution in [3.05, 3.63) is 0 Å². The molecule has 0 aromatic carbocycles. The van der Waals surface area contributed by atoms with E-state index < -0.39 is 12.0 Å². The fourth-order valence-corrected chi connectivity index (χ4v) is 0.234. The van der Waals surface area contributed by atoms with E-state index in [4.69, 9.17) is 5.73 Å². The molecule has 1 nitrogen and oxygen atoms in total. The van der Waals surface area contributed by atoms with E-state index in [1.165, 1.54) is 0 Å². The molecular weight excluding hydrogens is 88.0 g/mol. The molecule has 0 bridgehead atoms. The summed E-state index contributed by atoms with van der Waals surface area (Å²) in [6.45, 7) is 0. The van der Waals surface area contributed by atoms with Gasteiger partial charge >= 0.3 is 0 Å². The van der Waals surface area contributed by atoms with Crippen molar-refractivity contribution >= 4 is 0 Å². The zero-order chi connectivity index (χ0) is 4.78. The number of hydrogen-bond acceptors (Lipinski definition) is 1. The number of rotatable bonds is 0. The van der Waals surface area contributed by atoms with Crippen LogP contribution in [0.2, 0.25) is 0 Å². The maximum atomic E-state index is 11.4. The Bertz CT molecular complexity index is 71.2. The quantitative estimate of drug-likeness (QED) is 0.459. The highest BCUT2D eigenvalue weighted by Gasteiger charge is 2.54. The molecule has 6 heavy (non-hydrogen) atoms. The molecule has 36 valence electrons. The summed E-state index contributed by atoms with van der Waals surface area (Å²) in [7, 11) is 0. The van der Waals surface area contributed by atoms with E-state index >= 15 is 0 Å². The molecule has 0 amide bonds. The topological polar surface area (TPSA) is 26.0 Å². The van der Waals surface area contributed by atoms with Gasteiger partial charge in [0.15, 0.2) is 0 Å². The summed E-state index contributed by atoms with van der Waals surface area (Å²) >= 11 is 0. The van der Waals surface area contributed by atoms with Gasteiger partial charge in [0.25, 0.3) is 5.92 Å². The van der Waals surface area contributed by atoms with Crippen LogP contribution < -0.4 is 5.73 Å². The lowest BCUT2D eigenvalue weighted by atomic mass is 10.7. The first-order chi connectivity index (χ1) is 2.63. The number of halogens is 2. The summed E-state index contributed by atoms with van der Waals surface area (Å²) < 4.78 is 22.8. The fourth-order valence-electron chi connectivity index (χ4n) is 0.234. The van der Waals surface area contributed by atoms with Gasteiger partial charge in [-0.15, -0.1) is 0 Å². The van der Waals surface area contributed by atoms with Crippen LogP contribution in [0, 0.1) is 0 Å². The molecule has 1 saturated carbocycles. The lowest BCUT2D eigenvalue weighted by Gasteiger charge is -1.82. The maximum absolute atomic E-state index is 11.4. The molecule has 0 unspecified atom stereocenters. The third-order valence-electron chi connectivity index (χ3n) is 0.874. The summed E-state index contributed by atoms with van der Waals surface area (Å²) in [6.07, 6.45) is -0.118. The van der Waals surface area contributed by atoms with E-state index in [0.717, 1.165) is 0 Å². The summed E-state index contributed by atoms with van der Waals surface area (Å²) in [5.74, 6) is -2.51. The van der Waals surface area contributed by atoms with E-state index in [2.05, 4.69) is 0 Å². The second-order valence-electron chi connectivity index (χ2n) is 1.57. The van der Waals surface area contributed by atoms with Crippen molar-refractivity contribution in [3.8, 4) is 0 Å². The van der Waals surface area contributed by atoms with Crippen LogP contribution in [0.5, 0.6) is 0 Å². The number of hydrogen-bond donors (Lipinski definition) is 1. The Morgan fingerprint density at radius 3 is 1.83 bits per heavy atom. The van der Waals surface area contributed by atoms with Crippen LogP contribution in [0.4, 0.5) is 8.78 Å². The molecule has 0 spiro atoms. The van der Waals surface area contributed by atoms with Gasteiger partial charge in [0.05, 0.1) is 6.04 Å². The molecule has 1 fully saturated rings. The van der Waals surface area contributed by atoms with Crippen LogP contribution in [-0.2, 0) is 0 Å². The molecule has 1 rings (SSSR count). The van der Waals surface area contributed by atoms with Crippen LogP contribution in [0.1, 0.15) is 6.42 Å². The monoisotopic (exact) mass is 93.0 g/mol. The van der Waals surface area contributed by atoms with Crippen LogP contribution in [-0.4, -0.2) is 12.0 Å². The lowest BCUT2D eigenvalue weighted by Crippen LogP contribution is -2.08. The molecule has 0 aliphatic heterocycles. The third kappa shape index (κ3) is 0.391. The fraction of sp³-hybridized carbons (Fsp3) is 1.00. The van der Waals surface area contributed by atoms with Crippen molar-refractivity contribution in [2.24, 2.45) is 5.73 Å². The molecule has 1 aliphatic carbocycles. The minimum absolute atomic E-state index is 0.118. The van der Waals surface area contributed by atoms with Crippen molar-refractivity contribution in [3.63, 3.8) is 0 Å². The van der Waals surface area contributed by atoms with Crippen molar-refractivity contribution < 1.29 is 8.78 Å². The summed E-state index contributed by atoms with van der Waals surface area (Å²) in [6, 6.07) is -0.836. The Kier molecular flexibility index (Phi) is 0.485. The van der Waals surface area contributed by atoms with Crippen LogP contribution in [0.3, 0.4) is 0 Å². The average Bonchev–Trinajstić information content (AvgIpc) is 1.73. The molecular formula is C3H5F2N. The minimum atomic E-state index is -2.51. The second kappa shape index (κ2) is 0.729. The smallest absolute Gasteiger partial charge is 0.264 e. The van der Waals surface area contributed by atoms with Gasteiger partial charge in [0.1, 0.15) is 0 Å². The lowest BCUT2D eigenvalue weighted by molar-refractivity contribution is 0.113. The van der Waals surface area contributed by atoms with Crippen molar-refractivity contribution in [1.82, 2.24) is 0 Å². The number of alkyl halides is 2. The second-order valence-corrected chi connectivity index (χ2v) is 1.57. The first-order valence-electron chi connectivity index (χ1n) is 1.76. The van der Waals surface area contributed by atoms with Crippen molar-refractivity contribution in [1.29, 1.82) is 0 Å². The molecule has 0 heterocycles. The molecule has 0 radical (unpaired) electrons. The Morgan fingerprint density at radius 1 is 1.67 bits per heavy atom. The molecule has 0 saturated heterocycles. The summed E-state index contributed by atoms with van der Waals surface area (Å²) in [4.78, 5) is 0. The Labute approximate surface area is 34.1 Å². The van der Waals surface area contributed by atoms with E-state index in [9.17, 15) is 8.78 Å². The zero-order valence-corrected chi connectivity index (χ0v) is 3.12. The first kappa shape index (κ1) is 3.99. The standard InChI is InChI=1S/C3H5F2N/c4-3(5)1-2(3)6/h2H,1,6H2/t2-/m1/s1. The summed E-state index contributed by atoms with van der Waals surface area (Å²) in [5.41, 5.74) is 4.75. The molecule has 0 aromatic rings. The Balaban J connectivity index is 2.41. The van der Waals surface area contributed by atoms with Gasteiger partial charge < -0.3 is 5.73 Å². The highest BCUT2D eigenvalue weighted by Crippen LogP contribution is 2.39. The predicted molar refractivity (Wildman–Crippen MR) is 17.5 cm³/mol. The Morgan fingerprint density at radius 2 is 1.83 bits per heavy atom. The predicted octanol–water partition coefficient (Wildman–Crippen LogP) is 0.353. The van der Waals surface area contributed by atoms with E-state index in [1.807, 2.05) is 0 Å². The van der Waals surface area contributed by atoms with Gasteiger partial charge in [-0.2, -0.15) is 0 Å². The molecule has 3 heteroatoms. The Hall–Kier alpha value is -0.180. The molecule has 1 atom stereocenters. The van der Waals surface area contributed by atoms with Gasteiger partial charge in [-0.3, -0.25) is 0 Å². The van der Waals surface area contributed by atoms with Crippen LogP contribution in [0.25, 0.3) is 0 Å². The summed E-state index contributed by atoms with van der Waals surface area (Å²) in [5, 5.41) is 0. The van der Waals surface area contributed by atoms with E-state index in [-0.39, 0.29) is 6.42 Å².